The van der Waals surface area contributed by atoms with Crippen molar-refractivity contribution in [3.63, 3.8) is 0 Å². The van der Waals surface area contributed by atoms with Crippen molar-refractivity contribution in [2.75, 3.05) is 0 Å². The number of hydrogen-bond acceptors (Lipinski definition) is 1. The van der Waals surface area contributed by atoms with Crippen molar-refractivity contribution in [3.8, 4) is 0 Å². The van der Waals surface area contributed by atoms with Crippen LogP contribution in [-0.2, 0) is 12.6 Å². The molecule has 0 saturated heterocycles. The van der Waals surface area contributed by atoms with Gasteiger partial charge in [-0.3, -0.25) is 0 Å². The standard InChI is InChI=1S/C13H9BrF4S/c14-11(5-8-3-4-19-7-8)10-6-9(13(16,17)18)1-2-12(10)15/h1-4,6-7,11H,5H2. The van der Waals surface area contributed by atoms with Gasteiger partial charge in [0.1, 0.15) is 5.82 Å². The van der Waals surface area contributed by atoms with Crippen LogP contribution < -0.4 is 0 Å². The number of rotatable bonds is 3. The Hall–Kier alpha value is -0.880. The third kappa shape index (κ3) is 3.57. The summed E-state index contributed by atoms with van der Waals surface area (Å²) >= 11 is 4.75. The highest BCUT2D eigenvalue weighted by molar-refractivity contribution is 9.09. The van der Waals surface area contributed by atoms with E-state index in [-0.39, 0.29) is 5.56 Å². The molecule has 19 heavy (non-hydrogen) atoms. The summed E-state index contributed by atoms with van der Waals surface area (Å²) in [4.78, 5) is -0.482. The SMILES string of the molecule is Fc1ccc(C(F)(F)F)cc1C(Br)Cc1ccsc1. The van der Waals surface area contributed by atoms with E-state index in [4.69, 9.17) is 0 Å². The first-order valence-electron chi connectivity index (χ1n) is 5.39. The summed E-state index contributed by atoms with van der Waals surface area (Å²) in [5, 5.41) is 3.76. The largest absolute Gasteiger partial charge is 0.416 e. The maximum absolute atomic E-state index is 13.6. The molecule has 0 aliphatic heterocycles. The van der Waals surface area contributed by atoms with Crippen molar-refractivity contribution in [1.82, 2.24) is 0 Å². The van der Waals surface area contributed by atoms with Crippen LogP contribution in [0.25, 0.3) is 0 Å². The molecule has 1 heterocycles. The van der Waals surface area contributed by atoms with Gasteiger partial charge in [-0.1, -0.05) is 15.9 Å². The van der Waals surface area contributed by atoms with Crippen molar-refractivity contribution in [2.24, 2.45) is 0 Å². The van der Waals surface area contributed by atoms with E-state index in [0.717, 1.165) is 23.8 Å². The van der Waals surface area contributed by atoms with Crippen molar-refractivity contribution in [2.45, 2.75) is 17.4 Å². The fourth-order valence-corrected chi connectivity index (χ4v) is 3.09. The zero-order valence-electron chi connectivity index (χ0n) is 9.55. The van der Waals surface area contributed by atoms with Crippen LogP contribution in [0.3, 0.4) is 0 Å². The van der Waals surface area contributed by atoms with Gasteiger partial charge in [0.05, 0.1) is 5.56 Å². The van der Waals surface area contributed by atoms with Crippen LogP contribution in [0.2, 0.25) is 0 Å². The first-order chi connectivity index (χ1) is 8.88. The van der Waals surface area contributed by atoms with Crippen molar-refractivity contribution in [3.05, 3.63) is 57.5 Å². The van der Waals surface area contributed by atoms with Crippen LogP contribution >= 0.6 is 27.3 Å². The molecule has 1 atom stereocenters. The van der Waals surface area contributed by atoms with E-state index >= 15 is 0 Å². The molecule has 0 amide bonds. The topological polar surface area (TPSA) is 0 Å². The van der Waals surface area contributed by atoms with E-state index < -0.39 is 22.4 Å². The Labute approximate surface area is 120 Å². The Morgan fingerprint density at radius 1 is 1.21 bits per heavy atom. The van der Waals surface area contributed by atoms with Crippen LogP contribution in [0.5, 0.6) is 0 Å². The summed E-state index contributed by atoms with van der Waals surface area (Å²) in [6, 6.07) is 4.34. The summed E-state index contributed by atoms with van der Waals surface area (Å²) in [6.45, 7) is 0. The Balaban J connectivity index is 2.28. The molecule has 0 aliphatic rings. The molecular weight excluding hydrogens is 344 g/mol. The van der Waals surface area contributed by atoms with Crippen LogP contribution in [0.15, 0.2) is 35.0 Å². The average Bonchev–Trinajstić information content (AvgIpc) is 2.80. The zero-order chi connectivity index (χ0) is 14.0. The van der Waals surface area contributed by atoms with Gasteiger partial charge >= 0.3 is 6.18 Å². The second kappa shape index (κ2) is 5.63. The van der Waals surface area contributed by atoms with Crippen LogP contribution in [0, 0.1) is 5.82 Å². The smallest absolute Gasteiger partial charge is 0.207 e. The molecule has 0 fully saturated rings. The Bertz CT molecular complexity index is 548. The summed E-state index contributed by atoms with van der Waals surface area (Å²) in [6.07, 6.45) is -4.01. The van der Waals surface area contributed by atoms with Gasteiger partial charge in [0, 0.05) is 10.4 Å². The molecule has 102 valence electrons. The normalized spacial score (nSPS) is 13.5. The lowest BCUT2D eigenvalue weighted by molar-refractivity contribution is -0.137. The number of hydrogen-bond donors (Lipinski definition) is 0. The molecule has 0 bridgehead atoms. The molecule has 2 rings (SSSR count). The third-order valence-electron chi connectivity index (χ3n) is 2.66. The van der Waals surface area contributed by atoms with Gasteiger partial charge < -0.3 is 0 Å². The van der Waals surface area contributed by atoms with E-state index in [1.807, 2.05) is 16.8 Å². The van der Waals surface area contributed by atoms with E-state index in [2.05, 4.69) is 15.9 Å². The predicted octanol–water partition coefficient (Wildman–Crippen LogP) is 5.58. The molecule has 1 aromatic carbocycles. The van der Waals surface area contributed by atoms with Gasteiger partial charge in [0.15, 0.2) is 0 Å². The predicted molar refractivity (Wildman–Crippen MR) is 71.1 cm³/mol. The molecular formula is C13H9BrF4S. The minimum atomic E-state index is -4.46. The molecule has 0 radical (unpaired) electrons. The second-order valence-corrected chi connectivity index (χ2v) is 5.92. The maximum Gasteiger partial charge on any atom is 0.416 e. The van der Waals surface area contributed by atoms with Gasteiger partial charge in [-0.25, -0.2) is 4.39 Å². The first-order valence-corrected chi connectivity index (χ1v) is 7.25. The number of thiophene rings is 1. The van der Waals surface area contributed by atoms with E-state index in [9.17, 15) is 17.6 Å². The lowest BCUT2D eigenvalue weighted by Gasteiger charge is -2.13. The lowest BCUT2D eigenvalue weighted by atomic mass is 10.0. The Morgan fingerprint density at radius 3 is 2.53 bits per heavy atom. The minimum absolute atomic E-state index is 0.0287. The molecule has 1 unspecified atom stereocenters. The highest BCUT2D eigenvalue weighted by atomic mass is 79.9. The molecule has 0 aliphatic carbocycles. The van der Waals surface area contributed by atoms with Crippen LogP contribution in [0.4, 0.5) is 17.6 Å². The summed E-state index contributed by atoms with van der Waals surface area (Å²) in [5.74, 6) is -0.634. The van der Waals surface area contributed by atoms with Gasteiger partial charge in [-0.2, -0.15) is 24.5 Å². The second-order valence-electron chi connectivity index (χ2n) is 4.04. The number of halogens is 5. The minimum Gasteiger partial charge on any atom is -0.207 e. The first kappa shape index (κ1) is 14.5. The average molecular weight is 353 g/mol. The van der Waals surface area contributed by atoms with Crippen molar-refractivity contribution in [1.29, 1.82) is 0 Å². The van der Waals surface area contributed by atoms with Gasteiger partial charge in [-0.15, -0.1) is 0 Å². The number of benzene rings is 1. The van der Waals surface area contributed by atoms with E-state index in [0.29, 0.717) is 6.42 Å². The van der Waals surface area contributed by atoms with Crippen molar-refractivity contribution >= 4 is 27.3 Å². The van der Waals surface area contributed by atoms with E-state index in [1.54, 1.807) is 0 Å². The maximum atomic E-state index is 13.6. The molecule has 0 saturated carbocycles. The highest BCUT2D eigenvalue weighted by Gasteiger charge is 2.31. The molecule has 0 N–H and O–H groups in total. The number of alkyl halides is 4. The zero-order valence-corrected chi connectivity index (χ0v) is 11.9. The van der Waals surface area contributed by atoms with Crippen LogP contribution in [-0.4, -0.2) is 0 Å². The molecule has 0 spiro atoms. The summed E-state index contributed by atoms with van der Waals surface area (Å²) in [7, 11) is 0. The molecule has 1 aromatic heterocycles. The lowest BCUT2D eigenvalue weighted by Crippen LogP contribution is -2.07. The summed E-state index contributed by atoms with van der Waals surface area (Å²) in [5.41, 5.74) is 0.156. The van der Waals surface area contributed by atoms with Crippen molar-refractivity contribution < 1.29 is 17.6 Å². The Morgan fingerprint density at radius 2 is 1.95 bits per heavy atom. The fraction of sp³-hybridized carbons (Fsp3) is 0.231. The summed E-state index contributed by atoms with van der Waals surface area (Å²) < 4.78 is 51.5. The Kier molecular flexibility index (Phi) is 4.30. The van der Waals surface area contributed by atoms with Crippen LogP contribution in [0.1, 0.15) is 21.5 Å². The molecule has 0 nitrogen and oxygen atoms in total. The highest BCUT2D eigenvalue weighted by Crippen LogP contribution is 2.35. The monoisotopic (exact) mass is 352 g/mol. The molecule has 2 aromatic rings. The van der Waals surface area contributed by atoms with E-state index in [1.165, 1.54) is 11.3 Å². The van der Waals surface area contributed by atoms with Gasteiger partial charge in [0.2, 0.25) is 0 Å². The van der Waals surface area contributed by atoms with Gasteiger partial charge in [0.25, 0.3) is 0 Å². The quantitative estimate of drug-likeness (QED) is 0.499. The third-order valence-corrected chi connectivity index (χ3v) is 4.20. The molecule has 6 heteroatoms. The fourth-order valence-electron chi connectivity index (χ4n) is 1.69. The van der Waals surface area contributed by atoms with Gasteiger partial charge in [-0.05, 0) is 47.0 Å².